The van der Waals surface area contributed by atoms with E-state index in [1.54, 1.807) is 17.1 Å². The van der Waals surface area contributed by atoms with E-state index in [9.17, 15) is 4.79 Å². The average Bonchev–Trinajstić information content (AvgIpc) is 3.12. The molecule has 0 aromatic carbocycles. The molecular weight excluding hydrogens is 316 g/mol. The maximum atomic E-state index is 12.3. The Bertz CT molecular complexity index is 908. The molecule has 0 unspecified atom stereocenters. The van der Waals surface area contributed by atoms with Crippen molar-refractivity contribution in [1.82, 2.24) is 29.6 Å². The van der Waals surface area contributed by atoms with Crippen LogP contribution in [-0.4, -0.2) is 30.2 Å². The zero-order chi connectivity index (χ0) is 18.0. The number of nitrogens with zero attached hydrogens (tertiary/aromatic N) is 5. The van der Waals surface area contributed by atoms with Crippen molar-refractivity contribution in [2.75, 3.05) is 0 Å². The molecule has 0 radical (unpaired) electrons. The third kappa shape index (κ3) is 3.60. The third-order valence-corrected chi connectivity index (χ3v) is 4.37. The molecule has 0 aliphatic carbocycles. The highest BCUT2D eigenvalue weighted by atomic mass is 16.1. The van der Waals surface area contributed by atoms with Crippen LogP contribution in [0.5, 0.6) is 0 Å². The first-order valence-electron chi connectivity index (χ1n) is 8.16. The summed E-state index contributed by atoms with van der Waals surface area (Å²) in [7, 11) is 1.89. The number of pyridine rings is 1. The molecule has 3 rings (SSSR count). The van der Waals surface area contributed by atoms with Gasteiger partial charge >= 0.3 is 0 Å². The van der Waals surface area contributed by atoms with Gasteiger partial charge in [-0.15, -0.1) is 0 Å². The Balaban J connectivity index is 1.66. The maximum absolute atomic E-state index is 12.3. The molecule has 3 aromatic rings. The Morgan fingerprint density at radius 2 is 2.00 bits per heavy atom. The van der Waals surface area contributed by atoms with Crippen molar-refractivity contribution in [2.24, 2.45) is 7.05 Å². The number of hydrogen-bond acceptors (Lipinski definition) is 4. The molecule has 0 atom stereocenters. The first-order valence-corrected chi connectivity index (χ1v) is 8.16. The minimum atomic E-state index is -0.0172. The van der Waals surface area contributed by atoms with Gasteiger partial charge in [-0.05, 0) is 38.5 Å². The van der Waals surface area contributed by atoms with Crippen LogP contribution in [0.1, 0.15) is 28.3 Å². The molecule has 7 nitrogen and oxygen atoms in total. The fourth-order valence-corrected chi connectivity index (χ4v) is 2.82. The monoisotopic (exact) mass is 338 g/mol. The zero-order valence-electron chi connectivity index (χ0n) is 14.9. The Morgan fingerprint density at radius 1 is 1.20 bits per heavy atom. The lowest BCUT2D eigenvalue weighted by atomic mass is 10.1. The Hall–Kier alpha value is -2.96. The number of carbonyl (C=O) groups is 1. The lowest BCUT2D eigenvalue weighted by Crippen LogP contribution is -2.25. The van der Waals surface area contributed by atoms with Crippen LogP contribution >= 0.6 is 0 Å². The molecular formula is C18H22N6O. The summed E-state index contributed by atoms with van der Waals surface area (Å²) in [5.41, 5.74) is 3.90. The van der Waals surface area contributed by atoms with Gasteiger partial charge in [0.2, 0.25) is 5.91 Å². The van der Waals surface area contributed by atoms with E-state index < -0.39 is 0 Å². The predicted molar refractivity (Wildman–Crippen MR) is 94.3 cm³/mol. The summed E-state index contributed by atoms with van der Waals surface area (Å²) >= 11 is 0. The van der Waals surface area contributed by atoms with E-state index in [1.165, 1.54) is 0 Å². The minimum absolute atomic E-state index is 0.0172. The first-order chi connectivity index (χ1) is 12.0. The minimum Gasteiger partial charge on any atom is -0.352 e. The molecule has 0 fully saturated rings. The fourth-order valence-electron chi connectivity index (χ4n) is 2.82. The van der Waals surface area contributed by atoms with Gasteiger partial charge in [-0.2, -0.15) is 5.10 Å². The van der Waals surface area contributed by atoms with Crippen LogP contribution < -0.4 is 5.32 Å². The van der Waals surface area contributed by atoms with E-state index in [2.05, 4.69) is 20.4 Å². The van der Waals surface area contributed by atoms with Gasteiger partial charge in [0.1, 0.15) is 11.6 Å². The molecule has 0 spiro atoms. The van der Waals surface area contributed by atoms with Crippen molar-refractivity contribution in [1.29, 1.82) is 0 Å². The van der Waals surface area contributed by atoms with E-state index in [0.29, 0.717) is 13.0 Å². The van der Waals surface area contributed by atoms with Crippen LogP contribution in [-0.2, 0) is 24.8 Å². The standard InChI is InChI=1S/C18H22N6O/c1-12-16(13(2)23(4)22-12)10-18(25)21-11-15-5-6-20-17(9-15)24-8-7-19-14(24)3/h5-9H,10-11H2,1-4H3,(H,21,25). The van der Waals surface area contributed by atoms with Crippen LogP contribution in [0.4, 0.5) is 0 Å². The smallest absolute Gasteiger partial charge is 0.224 e. The van der Waals surface area contributed by atoms with Gasteiger partial charge in [-0.3, -0.25) is 14.0 Å². The van der Waals surface area contributed by atoms with Crippen LogP contribution in [0.2, 0.25) is 0 Å². The topological polar surface area (TPSA) is 77.6 Å². The van der Waals surface area contributed by atoms with Crippen LogP contribution in [0.3, 0.4) is 0 Å². The molecule has 130 valence electrons. The van der Waals surface area contributed by atoms with E-state index in [0.717, 1.165) is 34.2 Å². The maximum Gasteiger partial charge on any atom is 0.224 e. The predicted octanol–water partition coefficient (Wildman–Crippen LogP) is 1.78. The summed E-state index contributed by atoms with van der Waals surface area (Å²) < 4.78 is 3.72. The molecule has 1 amide bonds. The largest absolute Gasteiger partial charge is 0.352 e. The quantitative estimate of drug-likeness (QED) is 0.769. The summed E-state index contributed by atoms with van der Waals surface area (Å²) in [6, 6.07) is 3.85. The van der Waals surface area contributed by atoms with Crippen LogP contribution in [0, 0.1) is 20.8 Å². The summed E-state index contributed by atoms with van der Waals surface area (Å²) in [6.45, 7) is 6.29. The molecule has 3 aromatic heterocycles. The zero-order valence-corrected chi connectivity index (χ0v) is 14.9. The number of aryl methyl sites for hydroxylation is 3. The lowest BCUT2D eigenvalue weighted by molar-refractivity contribution is -0.120. The van der Waals surface area contributed by atoms with Crippen molar-refractivity contribution < 1.29 is 4.79 Å². The molecule has 0 aliphatic heterocycles. The van der Waals surface area contributed by atoms with Crippen molar-refractivity contribution >= 4 is 5.91 Å². The van der Waals surface area contributed by atoms with Gasteiger partial charge in [0.15, 0.2) is 0 Å². The second kappa shape index (κ2) is 6.88. The molecule has 0 bridgehead atoms. The van der Waals surface area contributed by atoms with Gasteiger partial charge in [0, 0.05) is 43.4 Å². The van der Waals surface area contributed by atoms with Gasteiger partial charge < -0.3 is 5.32 Å². The number of amides is 1. The molecule has 0 saturated heterocycles. The van der Waals surface area contributed by atoms with Crippen LogP contribution in [0.25, 0.3) is 5.82 Å². The van der Waals surface area contributed by atoms with Crippen molar-refractivity contribution in [2.45, 2.75) is 33.7 Å². The second-order valence-electron chi connectivity index (χ2n) is 6.09. The third-order valence-electron chi connectivity index (χ3n) is 4.37. The summed E-state index contributed by atoms with van der Waals surface area (Å²) in [4.78, 5) is 20.9. The number of rotatable bonds is 5. The number of hydrogen-bond donors (Lipinski definition) is 1. The number of carbonyl (C=O) groups excluding carboxylic acids is 1. The summed E-state index contributed by atoms with van der Waals surface area (Å²) in [5.74, 6) is 1.65. The van der Waals surface area contributed by atoms with Gasteiger partial charge in [-0.1, -0.05) is 0 Å². The Labute approximate surface area is 146 Å². The van der Waals surface area contributed by atoms with E-state index in [1.807, 2.05) is 50.7 Å². The molecule has 7 heteroatoms. The molecule has 0 aliphatic rings. The highest BCUT2D eigenvalue weighted by Crippen LogP contribution is 2.13. The summed E-state index contributed by atoms with van der Waals surface area (Å²) in [6.07, 6.45) is 5.69. The van der Waals surface area contributed by atoms with E-state index in [4.69, 9.17) is 0 Å². The van der Waals surface area contributed by atoms with Crippen LogP contribution in [0.15, 0.2) is 30.7 Å². The van der Waals surface area contributed by atoms with Gasteiger partial charge in [0.25, 0.3) is 0 Å². The normalized spacial score (nSPS) is 10.9. The Morgan fingerprint density at radius 3 is 2.64 bits per heavy atom. The number of aromatic nitrogens is 5. The average molecular weight is 338 g/mol. The lowest BCUT2D eigenvalue weighted by Gasteiger charge is -2.08. The van der Waals surface area contributed by atoms with E-state index >= 15 is 0 Å². The number of imidazole rings is 1. The summed E-state index contributed by atoms with van der Waals surface area (Å²) in [5, 5.41) is 7.32. The first kappa shape index (κ1) is 16.9. The highest BCUT2D eigenvalue weighted by molar-refractivity contribution is 5.79. The number of nitrogens with one attached hydrogen (secondary N) is 1. The molecule has 0 saturated carbocycles. The van der Waals surface area contributed by atoms with Gasteiger partial charge in [-0.25, -0.2) is 9.97 Å². The van der Waals surface area contributed by atoms with Gasteiger partial charge in [0.05, 0.1) is 12.1 Å². The van der Waals surface area contributed by atoms with Crippen molar-refractivity contribution in [3.8, 4) is 5.82 Å². The SMILES string of the molecule is Cc1nn(C)c(C)c1CC(=O)NCc1ccnc(-n2ccnc2C)c1. The Kier molecular flexibility index (Phi) is 4.65. The fraction of sp³-hybridized carbons (Fsp3) is 0.333. The molecule has 25 heavy (non-hydrogen) atoms. The highest BCUT2D eigenvalue weighted by Gasteiger charge is 2.13. The van der Waals surface area contributed by atoms with Crippen molar-refractivity contribution in [3.05, 3.63) is 59.1 Å². The molecule has 3 heterocycles. The molecule has 1 N–H and O–H groups in total. The second-order valence-corrected chi connectivity index (χ2v) is 6.09. The van der Waals surface area contributed by atoms with Crippen molar-refractivity contribution in [3.63, 3.8) is 0 Å². The van der Waals surface area contributed by atoms with E-state index in [-0.39, 0.29) is 5.91 Å².